The molecule has 1 unspecified atom stereocenters. The van der Waals surface area contributed by atoms with E-state index in [2.05, 4.69) is 24.6 Å². The topological polar surface area (TPSA) is 102 Å². The molecule has 0 aromatic rings. The zero-order chi connectivity index (χ0) is 22.9. The van der Waals surface area contributed by atoms with Crippen molar-refractivity contribution in [1.82, 2.24) is 5.48 Å². The van der Waals surface area contributed by atoms with Gasteiger partial charge in [0.2, 0.25) is 5.91 Å². The number of carboxylic acid groups (broad SMARTS) is 1. The molecule has 6 nitrogen and oxygen atoms in total. The summed E-state index contributed by atoms with van der Waals surface area (Å²) >= 11 is 0. The van der Waals surface area contributed by atoms with Crippen LogP contribution in [-0.4, -0.2) is 59.2 Å². The molecule has 0 aliphatic carbocycles. The maximum atomic E-state index is 10.5. The van der Waals surface area contributed by atoms with Crippen molar-refractivity contribution in [3.63, 3.8) is 0 Å². The average molecular weight is 453 g/mol. The van der Waals surface area contributed by atoms with E-state index in [1.165, 1.54) is 70.6 Å². The van der Waals surface area contributed by atoms with Crippen molar-refractivity contribution in [2.45, 2.75) is 123 Å². The van der Waals surface area contributed by atoms with Crippen LogP contribution in [0.25, 0.3) is 0 Å². The second-order valence-electron chi connectivity index (χ2n) is 7.85. The summed E-state index contributed by atoms with van der Waals surface area (Å²) in [4.78, 5) is 25.3. The predicted octanol–water partition coefficient (Wildman–Crippen LogP) is 5.25. The first-order valence-electron chi connectivity index (χ1n) is 12.0. The molecule has 0 aromatic heterocycles. The molecule has 4 N–H and O–H groups in total. The molecule has 0 heterocycles. The number of nitrogens with two attached hydrogens (primary N) is 1. The molecule has 0 bridgehead atoms. The third-order valence-electron chi connectivity index (χ3n) is 4.77. The molecular weight excluding hydrogens is 403 g/mol. The van der Waals surface area contributed by atoms with Gasteiger partial charge in [0.1, 0.15) is 6.54 Å². The maximum absolute atomic E-state index is 10.5. The van der Waals surface area contributed by atoms with Crippen LogP contribution in [0.1, 0.15) is 117 Å². The van der Waals surface area contributed by atoms with Crippen molar-refractivity contribution in [2.24, 2.45) is 5.73 Å². The Morgan fingerprint density at radius 3 is 1.84 bits per heavy atom. The number of amides is 1. The monoisotopic (exact) mass is 452 g/mol. The third kappa shape index (κ3) is 37.3. The quantitative estimate of drug-likeness (QED) is 0.101. The van der Waals surface area contributed by atoms with Crippen LogP contribution in [0.2, 0.25) is 0 Å². The fourth-order valence-electron chi connectivity index (χ4n) is 2.70. The van der Waals surface area contributed by atoms with Crippen molar-refractivity contribution in [2.75, 3.05) is 6.54 Å². The van der Waals surface area contributed by atoms with Gasteiger partial charge in [0.05, 0.1) is 6.10 Å². The number of unbranched alkanes of at least 4 members (excludes halogenated alkanes) is 11. The van der Waals surface area contributed by atoms with Crippen molar-refractivity contribution in [1.29, 1.82) is 0 Å². The number of rotatable bonds is 20. The Balaban J connectivity index is -0.000000604. The van der Waals surface area contributed by atoms with E-state index in [1.54, 1.807) is 0 Å². The van der Waals surface area contributed by atoms with Gasteiger partial charge in [-0.3, -0.25) is 14.4 Å². The average Bonchev–Trinajstić information content (AvgIpc) is 2.70. The van der Waals surface area contributed by atoms with Gasteiger partial charge in [0.15, 0.2) is 0 Å². The van der Waals surface area contributed by atoms with Crippen LogP contribution >= 0.6 is 0 Å². The van der Waals surface area contributed by atoms with Crippen molar-refractivity contribution in [3.05, 3.63) is 12.2 Å². The van der Waals surface area contributed by atoms with Crippen LogP contribution in [-0.2, 0) is 14.4 Å². The fourth-order valence-corrected chi connectivity index (χ4v) is 2.70. The minimum absolute atomic E-state index is 0. The summed E-state index contributed by atoms with van der Waals surface area (Å²) in [5.41, 5.74) is 7.43. The van der Waals surface area contributed by atoms with E-state index in [0.717, 1.165) is 19.3 Å². The molecule has 0 saturated heterocycles. The molecule has 31 heavy (non-hydrogen) atoms. The second kappa shape index (κ2) is 29.6. The van der Waals surface area contributed by atoms with Gasteiger partial charge in [0.25, 0.3) is 0 Å². The Morgan fingerprint density at radius 1 is 0.903 bits per heavy atom. The van der Waals surface area contributed by atoms with Gasteiger partial charge >= 0.3 is 35.5 Å². The summed E-state index contributed by atoms with van der Waals surface area (Å²) < 4.78 is 0. The molecule has 0 rings (SSSR count). The van der Waals surface area contributed by atoms with E-state index < -0.39 is 5.97 Å². The van der Waals surface area contributed by atoms with Gasteiger partial charge in [-0.1, -0.05) is 77.4 Å². The summed E-state index contributed by atoms with van der Waals surface area (Å²) in [6.07, 6.45) is 22.9. The third-order valence-corrected chi connectivity index (χ3v) is 4.77. The van der Waals surface area contributed by atoms with Crippen molar-refractivity contribution in [3.8, 4) is 0 Å². The van der Waals surface area contributed by atoms with E-state index in [0.29, 0.717) is 6.42 Å². The molecular formula is C24H49N2NaO4. The number of hydrogen-bond donors (Lipinski definition) is 3. The first-order chi connectivity index (χ1) is 14.4. The van der Waals surface area contributed by atoms with Gasteiger partial charge in [-0.05, 0) is 45.4 Å². The van der Waals surface area contributed by atoms with Crippen LogP contribution < -0.4 is 11.2 Å². The summed E-state index contributed by atoms with van der Waals surface area (Å²) in [5, 5.41) is 8.16. The van der Waals surface area contributed by atoms with E-state index in [1.807, 2.05) is 13.8 Å². The zero-order valence-electron chi connectivity index (χ0n) is 19.8. The molecule has 1 amide bonds. The summed E-state index contributed by atoms with van der Waals surface area (Å²) in [7, 11) is 0. The van der Waals surface area contributed by atoms with Gasteiger partial charge < -0.3 is 10.8 Å². The molecule has 7 heteroatoms. The Morgan fingerprint density at radius 2 is 1.39 bits per heavy atom. The van der Waals surface area contributed by atoms with E-state index >= 15 is 0 Å². The minimum atomic E-state index is -0.914. The number of hydroxylamine groups is 1. The number of carbonyl (C=O) groups is 2. The molecule has 0 saturated carbocycles. The van der Waals surface area contributed by atoms with Gasteiger partial charge in [-0.25, -0.2) is 0 Å². The number of carboxylic acids is 1. The van der Waals surface area contributed by atoms with E-state index in [4.69, 9.17) is 15.7 Å². The van der Waals surface area contributed by atoms with Gasteiger partial charge in [-0.2, -0.15) is 5.48 Å². The molecule has 0 aliphatic heterocycles. The molecule has 0 aromatic carbocycles. The molecule has 180 valence electrons. The molecule has 0 spiro atoms. The molecule has 0 fully saturated rings. The number of aliphatic carboxylic acids is 1. The first-order valence-corrected chi connectivity index (χ1v) is 12.0. The van der Waals surface area contributed by atoms with Crippen LogP contribution in [0.5, 0.6) is 0 Å². The Kier molecular flexibility index (Phi) is 33.6. The zero-order valence-corrected chi connectivity index (χ0v) is 19.8. The van der Waals surface area contributed by atoms with Gasteiger partial charge in [-0.15, -0.1) is 0 Å². The van der Waals surface area contributed by atoms with Gasteiger partial charge in [0, 0.05) is 6.42 Å². The summed E-state index contributed by atoms with van der Waals surface area (Å²) in [6.45, 7) is 5.95. The number of allylic oxidation sites excluding steroid dienone is 2. The first kappa shape index (κ1) is 35.2. The SMILES string of the molecule is CCC(C)ONCC(=O)O.CCCCCCCC/C=C\CCCCCCCC(N)=O.[NaH]. The molecule has 0 aliphatic rings. The van der Waals surface area contributed by atoms with E-state index in [-0.39, 0.29) is 48.1 Å². The molecule has 0 radical (unpaired) electrons. The fraction of sp³-hybridized carbons (Fsp3) is 0.833. The number of primary amides is 1. The van der Waals surface area contributed by atoms with Crippen LogP contribution in [0, 0.1) is 0 Å². The van der Waals surface area contributed by atoms with Crippen LogP contribution in [0.4, 0.5) is 0 Å². The summed E-state index contributed by atoms with van der Waals surface area (Å²) in [6, 6.07) is 0. The van der Waals surface area contributed by atoms with Crippen molar-refractivity contribution < 1.29 is 19.5 Å². The second-order valence-corrected chi connectivity index (χ2v) is 7.85. The predicted molar refractivity (Wildman–Crippen MR) is 132 cm³/mol. The van der Waals surface area contributed by atoms with Crippen molar-refractivity contribution >= 4 is 41.4 Å². The number of carbonyl (C=O) groups excluding carboxylic acids is 1. The Bertz CT molecular complexity index is 420. The Labute approximate surface area is 213 Å². The Hall–Kier alpha value is -0.400. The standard InChI is InChI=1S/C18H35NO.C6H13NO3.Na.H/c1-2-3-4-5-6-7-8-9-10-11-12-13-14-15-16-17-18(19)20;1-3-5(2)10-7-4-6(8)9;;/h9-10H,2-8,11-17H2,1H3,(H2,19,20);5,7H,3-4H2,1-2H3,(H,8,9);;/b10-9-;;;. The normalized spacial score (nSPS) is 11.5. The van der Waals surface area contributed by atoms with Crippen LogP contribution in [0.15, 0.2) is 12.2 Å². The summed E-state index contributed by atoms with van der Waals surface area (Å²) in [5.74, 6) is -1.08. The molecule has 1 atom stereocenters. The van der Waals surface area contributed by atoms with Crippen LogP contribution in [0.3, 0.4) is 0 Å². The number of nitrogens with one attached hydrogen (secondary N) is 1. The van der Waals surface area contributed by atoms with E-state index in [9.17, 15) is 9.59 Å². The number of hydrogen-bond acceptors (Lipinski definition) is 4.